The summed E-state index contributed by atoms with van der Waals surface area (Å²) in [4.78, 5) is 91.9. The van der Waals surface area contributed by atoms with Crippen LogP contribution in [0, 0.1) is 23.5 Å². The third-order valence-corrected chi connectivity index (χ3v) is 8.09. The maximum atomic E-state index is 13.9. The van der Waals surface area contributed by atoms with Crippen molar-refractivity contribution in [2.45, 2.75) is 102 Å². The van der Waals surface area contributed by atoms with Gasteiger partial charge in [-0.3, -0.25) is 33.6 Å². The van der Waals surface area contributed by atoms with Crippen molar-refractivity contribution in [2.75, 3.05) is 13.2 Å². The standard InChI is InChI=1S/C33H50F2N8O8/c1-16(2)8-22(41-32(50)24(39-29(47)21(36)15-44)12-18-10-19(34)13-20(35)11-18)30(48)40-23(9-17(3)4)31(49)42-25(14-27(37)45)33(51)43-7-5-6-26(43)28(38)46/h10-11,13,16-17,21-26,44H,5-9,12,14-15,36H2,1-4H3,(H2,37,45)(H2,38,46)(H,39,47)(H,40,48)(H,41,50)(H,42,49)/t21-,22-,23-,24-,25-,26-/m0/s1. The number of benzene rings is 1. The Kier molecular flexibility index (Phi) is 16.3. The number of carbonyl (C=O) groups is 7. The molecule has 1 saturated heterocycles. The molecule has 0 unspecified atom stereocenters. The molecule has 6 atom stereocenters. The first-order valence-electron chi connectivity index (χ1n) is 16.7. The van der Waals surface area contributed by atoms with Gasteiger partial charge in [-0.2, -0.15) is 0 Å². The third kappa shape index (κ3) is 13.5. The lowest BCUT2D eigenvalue weighted by atomic mass is 9.98. The number of amides is 7. The number of halogens is 2. The van der Waals surface area contributed by atoms with Gasteiger partial charge in [0.25, 0.3) is 0 Å². The third-order valence-electron chi connectivity index (χ3n) is 8.09. The molecule has 0 bridgehead atoms. The van der Waals surface area contributed by atoms with Gasteiger partial charge in [0.05, 0.1) is 13.0 Å². The zero-order valence-corrected chi connectivity index (χ0v) is 29.2. The molecule has 16 nitrogen and oxygen atoms in total. The highest BCUT2D eigenvalue weighted by Gasteiger charge is 2.39. The fourth-order valence-electron chi connectivity index (χ4n) is 5.69. The van der Waals surface area contributed by atoms with Gasteiger partial charge in [-0.15, -0.1) is 0 Å². The number of likely N-dealkylation sites (tertiary alicyclic amines) is 1. The molecule has 0 aliphatic carbocycles. The van der Waals surface area contributed by atoms with Crippen LogP contribution in [-0.2, 0) is 40.0 Å². The van der Waals surface area contributed by atoms with Crippen LogP contribution < -0.4 is 38.5 Å². The van der Waals surface area contributed by atoms with Gasteiger partial charge >= 0.3 is 0 Å². The normalized spacial score (nSPS) is 17.2. The molecule has 284 valence electrons. The topological polar surface area (TPSA) is 269 Å². The van der Waals surface area contributed by atoms with E-state index in [-0.39, 0.29) is 36.8 Å². The minimum Gasteiger partial charge on any atom is -0.394 e. The van der Waals surface area contributed by atoms with E-state index in [2.05, 4.69) is 21.3 Å². The van der Waals surface area contributed by atoms with Crippen LogP contribution in [0.2, 0.25) is 0 Å². The number of nitrogens with zero attached hydrogens (tertiary/aromatic N) is 1. The predicted molar refractivity (Wildman–Crippen MR) is 179 cm³/mol. The van der Waals surface area contributed by atoms with Crippen molar-refractivity contribution in [3.63, 3.8) is 0 Å². The SMILES string of the molecule is CC(C)C[C@H](NC(=O)[C@H](Cc1cc(F)cc(F)c1)NC(=O)[C@@H](N)CO)C(=O)N[C@@H](CC(C)C)C(=O)N[C@@H](CC(N)=O)C(=O)N1CCC[C@H]1C(N)=O. The highest BCUT2D eigenvalue weighted by Crippen LogP contribution is 2.19. The zero-order valence-electron chi connectivity index (χ0n) is 29.2. The molecule has 1 fully saturated rings. The maximum Gasteiger partial charge on any atom is 0.246 e. The number of rotatable bonds is 19. The van der Waals surface area contributed by atoms with Gasteiger partial charge in [0.15, 0.2) is 0 Å². The van der Waals surface area contributed by atoms with Crippen LogP contribution in [0.15, 0.2) is 18.2 Å². The van der Waals surface area contributed by atoms with Crippen molar-refractivity contribution in [1.82, 2.24) is 26.2 Å². The van der Waals surface area contributed by atoms with Crippen LogP contribution >= 0.6 is 0 Å². The van der Waals surface area contributed by atoms with Crippen LogP contribution in [0.1, 0.15) is 65.4 Å². The highest BCUT2D eigenvalue weighted by molar-refractivity contribution is 5.98. The van der Waals surface area contributed by atoms with Crippen LogP contribution in [0.4, 0.5) is 8.78 Å². The van der Waals surface area contributed by atoms with Crippen molar-refractivity contribution >= 4 is 41.4 Å². The fraction of sp³-hybridized carbons (Fsp3) is 0.606. The van der Waals surface area contributed by atoms with Crippen molar-refractivity contribution in [3.05, 3.63) is 35.4 Å². The molecule has 1 aromatic rings. The minimum absolute atomic E-state index is 0.000177. The second-order valence-electron chi connectivity index (χ2n) is 13.5. The van der Waals surface area contributed by atoms with Crippen LogP contribution in [0.5, 0.6) is 0 Å². The number of nitrogens with one attached hydrogen (secondary N) is 4. The largest absolute Gasteiger partial charge is 0.394 e. The van der Waals surface area contributed by atoms with E-state index in [4.69, 9.17) is 17.2 Å². The Bertz CT molecular complexity index is 1420. The maximum absolute atomic E-state index is 13.9. The molecular weight excluding hydrogens is 674 g/mol. The second kappa shape index (κ2) is 19.6. The second-order valence-corrected chi connectivity index (χ2v) is 13.5. The summed E-state index contributed by atoms with van der Waals surface area (Å²) in [6.07, 6.45) is -0.112. The van der Waals surface area contributed by atoms with E-state index in [1.807, 2.05) is 0 Å². The Morgan fingerprint density at radius 3 is 1.71 bits per heavy atom. The summed E-state index contributed by atoms with van der Waals surface area (Å²) in [6, 6.07) is -5.33. The van der Waals surface area contributed by atoms with Crippen LogP contribution in [0.3, 0.4) is 0 Å². The van der Waals surface area contributed by atoms with Gasteiger partial charge in [0.1, 0.15) is 47.9 Å². The summed E-state index contributed by atoms with van der Waals surface area (Å²) in [5.41, 5.74) is 16.4. The smallest absolute Gasteiger partial charge is 0.246 e. The summed E-state index contributed by atoms with van der Waals surface area (Å²) in [5, 5.41) is 19.3. The monoisotopic (exact) mass is 724 g/mol. The molecule has 2 rings (SSSR count). The van der Waals surface area contributed by atoms with E-state index in [0.717, 1.165) is 12.1 Å². The quantitative estimate of drug-likeness (QED) is 0.0800. The van der Waals surface area contributed by atoms with E-state index in [1.165, 1.54) is 4.90 Å². The first kappa shape index (κ1) is 42.5. The van der Waals surface area contributed by atoms with E-state index in [0.29, 0.717) is 18.9 Å². The number of primary amides is 2. The summed E-state index contributed by atoms with van der Waals surface area (Å²) in [6.45, 7) is 6.47. The van der Waals surface area contributed by atoms with Crippen molar-refractivity contribution in [2.24, 2.45) is 29.0 Å². The van der Waals surface area contributed by atoms with Gasteiger partial charge in [-0.1, -0.05) is 27.7 Å². The average Bonchev–Trinajstić information content (AvgIpc) is 3.52. The lowest BCUT2D eigenvalue weighted by molar-refractivity contribution is -0.142. The molecule has 0 aromatic heterocycles. The van der Waals surface area contributed by atoms with Crippen molar-refractivity contribution < 1.29 is 47.4 Å². The summed E-state index contributed by atoms with van der Waals surface area (Å²) < 4.78 is 27.9. The number of aliphatic hydroxyl groups is 1. The Hall–Kier alpha value is -4.71. The van der Waals surface area contributed by atoms with E-state index >= 15 is 0 Å². The van der Waals surface area contributed by atoms with E-state index in [1.54, 1.807) is 27.7 Å². The summed E-state index contributed by atoms with van der Waals surface area (Å²) in [5.74, 6) is -8.12. The number of hydrogen-bond acceptors (Lipinski definition) is 9. The zero-order chi connectivity index (χ0) is 38.6. The Morgan fingerprint density at radius 2 is 1.25 bits per heavy atom. The molecule has 1 aromatic carbocycles. The lowest BCUT2D eigenvalue weighted by Gasteiger charge is -2.30. The molecule has 11 N–H and O–H groups in total. The number of carbonyl (C=O) groups excluding carboxylic acids is 7. The molecule has 18 heteroatoms. The first-order valence-corrected chi connectivity index (χ1v) is 16.7. The molecule has 1 heterocycles. The summed E-state index contributed by atoms with van der Waals surface area (Å²) >= 11 is 0. The molecular formula is C33H50F2N8O8. The van der Waals surface area contributed by atoms with Crippen LogP contribution in [0.25, 0.3) is 0 Å². The number of aliphatic hydroxyl groups excluding tert-OH is 1. The lowest BCUT2D eigenvalue weighted by Crippen LogP contribution is -2.60. The number of nitrogens with two attached hydrogens (primary N) is 3. The molecule has 0 radical (unpaired) electrons. The average molecular weight is 725 g/mol. The molecule has 1 aliphatic rings. The molecule has 1 aliphatic heterocycles. The predicted octanol–water partition coefficient (Wildman–Crippen LogP) is -1.79. The van der Waals surface area contributed by atoms with E-state index in [9.17, 15) is 47.4 Å². The fourth-order valence-corrected chi connectivity index (χ4v) is 5.69. The Labute approximate surface area is 295 Å². The summed E-state index contributed by atoms with van der Waals surface area (Å²) in [7, 11) is 0. The van der Waals surface area contributed by atoms with Gasteiger partial charge in [0, 0.05) is 19.0 Å². The van der Waals surface area contributed by atoms with Gasteiger partial charge in [-0.05, 0) is 55.2 Å². The number of hydrogen-bond donors (Lipinski definition) is 8. The molecule has 0 saturated carbocycles. The van der Waals surface area contributed by atoms with Crippen LogP contribution in [-0.4, -0.2) is 101 Å². The Morgan fingerprint density at radius 1 is 0.784 bits per heavy atom. The Balaban J connectivity index is 2.34. The minimum atomic E-state index is -1.50. The van der Waals surface area contributed by atoms with Gasteiger partial charge < -0.3 is 48.5 Å². The molecule has 0 spiro atoms. The van der Waals surface area contributed by atoms with E-state index < -0.39 is 109 Å². The molecule has 51 heavy (non-hydrogen) atoms. The molecule has 7 amide bonds. The first-order chi connectivity index (χ1) is 23.8. The van der Waals surface area contributed by atoms with Gasteiger partial charge in [0.2, 0.25) is 41.4 Å². The van der Waals surface area contributed by atoms with Crippen molar-refractivity contribution in [3.8, 4) is 0 Å². The van der Waals surface area contributed by atoms with Crippen molar-refractivity contribution in [1.29, 1.82) is 0 Å². The van der Waals surface area contributed by atoms with Gasteiger partial charge in [-0.25, -0.2) is 8.78 Å². The highest BCUT2D eigenvalue weighted by atomic mass is 19.1.